The third-order valence-electron chi connectivity index (χ3n) is 5.35. The molecule has 4 rings (SSSR count). The third kappa shape index (κ3) is 3.30. The average Bonchev–Trinajstić information content (AvgIpc) is 2.77. The molecule has 0 fully saturated rings. The van der Waals surface area contributed by atoms with Crippen LogP contribution in [0, 0.1) is 0 Å². The van der Waals surface area contributed by atoms with Crippen LogP contribution in [0.25, 0.3) is 10.9 Å². The van der Waals surface area contributed by atoms with E-state index in [-0.39, 0.29) is 11.5 Å². The standard InChI is InChI=1S/C21H22N4O4/c1-13(25-21(27)16-6-4-5-7-17(16)22-23-25)20(26)24-9-8-14-10-18(28-2)19(29-3)11-15(14)12-24/h4-7,10-11,13H,8-9,12H2,1-3H3/t13-/m0/s1. The van der Waals surface area contributed by atoms with Crippen LogP contribution in [0.3, 0.4) is 0 Å². The molecule has 0 saturated heterocycles. The van der Waals surface area contributed by atoms with Crippen LogP contribution in [0.4, 0.5) is 0 Å². The van der Waals surface area contributed by atoms with Gasteiger partial charge in [-0.3, -0.25) is 9.59 Å². The highest BCUT2D eigenvalue weighted by Gasteiger charge is 2.28. The van der Waals surface area contributed by atoms with Crippen molar-refractivity contribution in [1.29, 1.82) is 0 Å². The van der Waals surface area contributed by atoms with Crippen LogP contribution >= 0.6 is 0 Å². The number of ether oxygens (including phenoxy) is 2. The molecule has 0 N–H and O–H groups in total. The summed E-state index contributed by atoms with van der Waals surface area (Å²) in [6, 6.07) is 10.1. The highest BCUT2D eigenvalue weighted by molar-refractivity contribution is 5.81. The molecule has 1 amide bonds. The van der Waals surface area contributed by atoms with E-state index in [1.807, 2.05) is 12.1 Å². The fraction of sp³-hybridized carbons (Fsp3) is 0.333. The fourth-order valence-electron chi connectivity index (χ4n) is 3.70. The maximum absolute atomic E-state index is 13.1. The number of rotatable bonds is 4. The average molecular weight is 394 g/mol. The van der Waals surface area contributed by atoms with Crippen LogP contribution < -0.4 is 15.0 Å². The normalized spacial score (nSPS) is 14.4. The second kappa shape index (κ2) is 7.54. The first kappa shape index (κ1) is 18.9. The van der Waals surface area contributed by atoms with Crippen LogP contribution in [0.1, 0.15) is 24.1 Å². The summed E-state index contributed by atoms with van der Waals surface area (Å²) in [5.41, 5.74) is 2.33. The number of hydrogen-bond acceptors (Lipinski definition) is 6. The van der Waals surface area contributed by atoms with E-state index in [2.05, 4.69) is 10.3 Å². The molecule has 29 heavy (non-hydrogen) atoms. The second-order valence-electron chi connectivity index (χ2n) is 7.02. The van der Waals surface area contributed by atoms with Crippen molar-refractivity contribution in [3.63, 3.8) is 0 Å². The van der Waals surface area contributed by atoms with E-state index >= 15 is 0 Å². The van der Waals surface area contributed by atoms with E-state index in [1.165, 1.54) is 0 Å². The van der Waals surface area contributed by atoms with Gasteiger partial charge in [0.25, 0.3) is 5.56 Å². The topological polar surface area (TPSA) is 86.6 Å². The Bertz CT molecular complexity index is 1140. The fourth-order valence-corrected chi connectivity index (χ4v) is 3.70. The zero-order valence-corrected chi connectivity index (χ0v) is 16.6. The molecular weight excluding hydrogens is 372 g/mol. The molecule has 3 aromatic rings. The minimum Gasteiger partial charge on any atom is -0.493 e. The lowest BCUT2D eigenvalue weighted by Gasteiger charge is -2.31. The van der Waals surface area contributed by atoms with Gasteiger partial charge in [0.05, 0.1) is 19.6 Å². The Balaban J connectivity index is 1.61. The number of amides is 1. The Hall–Kier alpha value is -3.42. The van der Waals surface area contributed by atoms with Crippen LogP contribution in [0.2, 0.25) is 0 Å². The summed E-state index contributed by atoms with van der Waals surface area (Å²) in [4.78, 5) is 27.6. The number of hydrogen-bond donors (Lipinski definition) is 0. The van der Waals surface area contributed by atoms with Crippen molar-refractivity contribution in [2.24, 2.45) is 0 Å². The first-order chi connectivity index (χ1) is 14.0. The first-order valence-electron chi connectivity index (χ1n) is 9.40. The van der Waals surface area contributed by atoms with Gasteiger partial charge in [-0.25, -0.2) is 0 Å². The van der Waals surface area contributed by atoms with Crippen molar-refractivity contribution in [2.75, 3.05) is 20.8 Å². The number of carbonyl (C=O) groups excluding carboxylic acids is 1. The number of fused-ring (bicyclic) bond motifs is 2. The molecule has 2 aromatic carbocycles. The molecule has 0 aliphatic carbocycles. The predicted molar refractivity (Wildman–Crippen MR) is 107 cm³/mol. The molecule has 1 atom stereocenters. The van der Waals surface area contributed by atoms with Gasteiger partial charge in [-0.2, -0.15) is 4.68 Å². The van der Waals surface area contributed by atoms with Crippen LogP contribution in [-0.2, 0) is 17.8 Å². The zero-order chi connectivity index (χ0) is 20.5. The first-order valence-corrected chi connectivity index (χ1v) is 9.40. The van der Waals surface area contributed by atoms with Crippen LogP contribution in [0.15, 0.2) is 41.2 Å². The molecule has 1 aliphatic rings. The second-order valence-corrected chi connectivity index (χ2v) is 7.02. The number of aromatic nitrogens is 3. The number of methoxy groups -OCH3 is 2. The van der Waals surface area contributed by atoms with E-state index in [9.17, 15) is 9.59 Å². The molecule has 150 valence electrons. The van der Waals surface area contributed by atoms with Crippen molar-refractivity contribution < 1.29 is 14.3 Å². The van der Waals surface area contributed by atoms with Crippen molar-refractivity contribution in [3.05, 3.63) is 57.9 Å². The molecule has 0 spiro atoms. The minimum atomic E-state index is -0.749. The molecule has 8 heteroatoms. The van der Waals surface area contributed by atoms with Gasteiger partial charge >= 0.3 is 0 Å². The molecule has 0 unspecified atom stereocenters. The smallest absolute Gasteiger partial charge is 0.278 e. The molecule has 1 aromatic heterocycles. The van der Waals surface area contributed by atoms with Crippen molar-refractivity contribution >= 4 is 16.8 Å². The molecular formula is C21H22N4O4. The number of benzene rings is 2. The Morgan fingerprint density at radius 3 is 2.52 bits per heavy atom. The third-order valence-corrected chi connectivity index (χ3v) is 5.35. The summed E-state index contributed by atoms with van der Waals surface area (Å²) in [6.07, 6.45) is 0.701. The lowest BCUT2D eigenvalue weighted by Crippen LogP contribution is -2.42. The molecule has 0 radical (unpaired) electrons. The Morgan fingerprint density at radius 2 is 1.79 bits per heavy atom. The van der Waals surface area contributed by atoms with E-state index in [1.54, 1.807) is 50.3 Å². The van der Waals surface area contributed by atoms with Crippen LogP contribution in [-0.4, -0.2) is 46.6 Å². The van der Waals surface area contributed by atoms with Gasteiger partial charge in [-0.05, 0) is 48.7 Å². The van der Waals surface area contributed by atoms with Crippen LogP contribution in [0.5, 0.6) is 11.5 Å². The summed E-state index contributed by atoms with van der Waals surface area (Å²) >= 11 is 0. The highest BCUT2D eigenvalue weighted by atomic mass is 16.5. The molecule has 2 heterocycles. The summed E-state index contributed by atoms with van der Waals surface area (Å²) in [5.74, 6) is 1.14. The lowest BCUT2D eigenvalue weighted by molar-refractivity contribution is -0.135. The lowest BCUT2D eigenvalue weighted by atomic mass is 9.98. The van der Waals surface area contributed by atoms with Gasteiger partial charge in [-0.1, -0.05) is 17.3 Å². The van der Waals surface area contributed by atoms with Gasteiger partial charge < -0.3 is 14.4 Å². The SMILES string of the molecule is COc1cc2c(cc1OC)CN(C(=O)[C@H](C)n1nnc3ccccc3c1=O)CC2. The molecule has 0 bridgehead atoms. The quantitative estimate of drug-likeness (QED) is 0.672. The van der Waals surface area contributed by atoms with Crippen molar-refractivity contribution in [3.8, 4) is 11.5 Å². The maximum Gasteiger partial charge on any atom is 0.278 e. The van der Waals surface area contributed by atoms with Gasteiger partial charge in [0.15, 0.2) is 11.5 Å². The molecule has 8 nitrogen and oxygen atoms in total. The summed E-state index contributed by atoms with van der Waals surface area (Å²) in [6.45, 7) is 2.67. The van der Waals surface area contributed by atoms with E-state index in [0.29, 0.717) is 41.9 Å². The molecule has 0 saturated carbocycles. The Morgan fingerprint density at radius 1 is 1.10 bits per heavy atom. The largest absolute Gasteiger partial charge is 0.493 e. The Kier molecular flexibility index (Phi) is 4.92. The number of nitrogens with zero attached hydrogens (tertiary/aromatic N) is 4. The summed E-state index contributed by atoms with van der Waals surface area (Å²) < 4.78 is 11.9. The maximum atomic E-state index is 13.1. The van der Waals surface area contributed by atoms with E-state index in [0.717, 1.165) is 15.8 Å². The Labute approximate surface area is 167 Å². The zero-order valence-electron chi connectivity index (χ0n) is 16.6. The summed E-state index contributed by atoms with van der Waals surface area (Å²) in [5, 5.41) is 8.51. The van der Waals surface area contributed by atoms with E-state index in [4.69, 9.17) is 9.47 Å². The molecule has 1 aliphatic heterocycles. The van der Waals surface area contributed by atoms with Gasteiger partial charge in [0, 0.05) is 13.1 Å². The number of carbonyl (C=O) groups is 1. The van der Waals surface area contributed by atoms with Gasteiger partial charge in [-0.15, -0.1) is 5.10 Å². The van der Waals surface area contributed by atoms with Crippen molar-refractivity contribution in [1.82, 2.24) is 19.9 Å². The minimum absolute atomic E-state index is 0.169. The summed E-state index contributed by atoms with van der Waals surface area (Å²) in [7, 11) is 3.19. The van der Waals surface area contributed by atoms with E-state index < -0.39 is 6.04 Å². The van der Waals surface area contributed by atoms with Gasteiger partial charge in [0.2, 0.25) is 5.91 Å². The van der Waals surface area contributed by atoms with Gasteiger partial charge in [0.1, 0.15) is 11.6 Å². The van der Waals surface area contributed by atoms with Crippen molar-refractivity contribution in [2.45, 2.75) is 25.9 Å². The predicted octanol–water partition coefficient (Wildman–Crippen LogP) is 1.95. The monoisotopic (exact) mass is 394 g/mol. The highest BCUT2D eigenvalue weighted by Crippen LogP contribution is 2.33.